The Morgan fingerprint density at radius 1 is 1.35 bits per heavy atom. The maximum atomic E-state index is 11.5. The fourth-order valence-corrected chi connectivity index (χ4v) is 2.66. The zero-order valence-corrected chi connectivity index (χ0v) is 10.8. The molecule has 0 rings (SSSR count). The lowest BCUT2D eigenvalue weighted by atomic mass is 10.0. The van der Waals surface area contributed by atoms with Gasteiger partial charge in [-0.15, -0.1) is 0 Å². The van der Waals surface area contributed by atoms with Gasteiger partial charge < -0.3 is 9.84 Å². The number of carboxylic acids is 1. The Kier molecular flexibility index (Phi) is 5.56. The van der Waals surface area contributed by atoms with Crippen LogP contribution in [-0.4, -0.2) is 43.9 Å². The lowest BCUT2D eigenvalue weighted by molar-refractivity contribution is -0.140. The molecule has 0 aliphatic rings. The largest absolute Gasteiger partial charge is 0.481 e. The van der Waals surface area contributed by atoms with E-state index in [-0.39, 0.29) is 12.8 Å². The second-order valence-electron chi connectivity index (χ2n) is 4.20. The summed E-state index contributed by atoms with van der Waals surface area (Å²) in [5.74, 6) is -2.17. The molecule has 0 aromatic rings. The summed E-state index contributed by atoms with van der Waals surface area (Å²) in [6, 6.07) is 0. The Labute approximate surface area is 100 Å². The predicted molar refractivity (Wildman–Crippen MR) is 59.9 cm³/mol. The average Bonchev–Trinajstić information content (AvgIpc) is 2.10. The Morgan fingerprint density at radius 3 is 2.29 bits per heavy atom. The molecule has 0 amide bonds. The standard InChI is InChI=1S/C9H17NO6S/c1-9(2,6-7(11)12)10-17(14,15)5-4-8(13)16-3/h10H,4-6H2,1-3H3,(H,11,12). The number of carboxylic acid groups (broad SMARTS) is 1. The molecule has 0 saturated carbocycles. The molecule has 0 bridgehead atoms. The van der Waals surface area contributed by atoms with E-state index < -0.39 is 33.3 Å². The lowest BCUT2D eigenvalue weighted by Gasteiger charge is -2.23. The van der Waals surface area contributed by atoms with Crippen molar-refractivity contribution in [1.29, 1.82) is 0 Å². The van der Waals surface area contributed by atoms with Gasteiger partial charge in [0.05, 0.1) is 25.7 Å². The van der Waals surface area contributed by atoms with Crippen LogP contribution in [0, 0.1) is 0 Å². The first-order valence-electron chi connectivity index (χ1n) is 4.88. The van der Waals surface area contributed by atoms with Gasteiger partial charge in [0.1, 0.15) is 0 Å². The Hall–Kier alpha value is -1.15. The smallest absolute Gasteiger partial charge is 0.306 e. The van der Waals surface area contributed by atoms with Crippen molar-refractivity contribution in [2.24, 2.45) is 0 Å². The van der Waals surface area contributed by atoms with Crippen molar-refractivity contribution in [2.75, 3.05) is 12.9 Å². The number of methoxy groups -OCH3 is 1. The molecule has 0 aliphatic heterocycles. The molecule has 0 heterocycles. The molecule has 0 unspecified atom stereocenters. The summed E-state index contributed by atoms with van der Waals surface area (Å²) in [6.07, 6.45) is -0.612. The highest BCUT2D eigenvalue weighted by Crippen LogP contribution is 2.10. The number of nitrogens with one attached hydrogen (secondary N) is 1. The summed E-state index contributed by atoms with van der Waals surface area (Å²) in [5.41, 5.74) is -1.10. The third-order valence-corrected chi connectivity index (χ3v) is 3.43. The molecule has 8 heteroatoms. The molecule has 0 saturated heterocycles. The van der Waals surface area contributed by atoms with E-state index >= 15 is 0 Å². The summed E-state index contributed by atoms with van der Waals surface area (Å²) in [7, 11) is -2.54. The first-order valence-corrected chi connectivity index (χ1v) is 6.53. The number of carbonyl (C=O) groups excluding carboxylic acids is 1. The van der Waals surface area contributed by atoms with Crippen molar-refractivity contribution < 1.29 is 27.9 Å². The van der Waals surface area contributed by atoms with Crippen LogP contribution in [0.5, 0.6) is 0 Å². The molecular formula is C9H17NO6S. The molecule has 2 N–H and O–H groups in total. The van der Waals surface area contributed by atoms with Crippen LogP contribution >= 0.6 is 0 Å². The van der Waals surface area contributed by atoms with Crippen LogP contribution in [0.2, 0.25) is 0 Å². The topological polar surface area (TPSA) is 110 Å². The van der Waals surface area contributed by atoms with Gasteiger partial charge in [-0.25, -0.2) is 13.1 Å². The van der Waals surface area contributed by atoms with Crippen molar-refractivity contribution in [1.82, 2.24) is 4.72 Å². The third-order valence-electron chi connectivity index (χ3n) is 1.83. The van der Waals surface area contributed by atoms with E-state index in [0.29, 0.717) is 0 Å². The van der Waals surface area contributed by atoms with Gasteiger partial charge in [-0.3, -0.25) is 9.59 Å². The fraction of sp³-hybridized carbons (Fsp3) is 0.778. The lowest BCUT2D eigenvalue weighted by Crippen LogP contribution is -2.46. The van der Waals surface area contributed by atoms with E-state index in [1.165, 1.54) is 13.8 Å². The van der Waals surface area contributed by atoms with Crippen molar-refractivity contribution in [2.45, 2.75) is 32.2 Å². The molecule has 7 nitrogen and oxygen atoms in total. The minimum Gasteiger partial charge on any atom is -0.481 e. The number of ether oxygens (including phenoxy) is 1. The van der Waals surface area contributed by atoms with Gasteiger partial charge in [0.15, 0.2) is 0 Å². The first kappa shape index (κ1) is 15.9. The number of hydrogen-bond acceptors (Lipinski definition) is 5. The van der Waals surface area contributed by atoms with Gasteiger partial charge in [-0.1, -0.05) is 0 Å². The minimum atomic E-state index is -3.70. The maximum Gasteiger partial charge on any atom is 0.306 e. The zero-order valence-electron chi connectivity index (χ0n) is 10.0. The van der Waals surface area contributed by atoms with Crippen molar-refractivity contribution in [3.63, 3.8) is 0 Å². The number of hydrogen-bond donors (Lipinski definition) is 2. The van der Waals surface area contributed by atoms with Crippen LogP contribution < -0.4 is 4.72 Å². The van der Waals surface area contributed by atoms with E-state index in [9.17, 15) is 18.0 Å². The average molecular weight is 267 g/mol. The van der Waals surface area contributed by atoms with Gasteiger partial charge in [-0.05, 0) is 13.8 Å². The predicted octanol–water partition coefficient (Wildman–Crippen LogP) is -0.278. The van der Waals surface area contributed by atoms with Gasteiger partial charge in [0, 0.05) is 5.54 Å². The molecule has 0 atom stereocenters. The second kappa shape index (κ2) is 5.97. The van der Waals surface area contributed by atoms with Crippen molar-refractivity contribution in [3.8, 4) is 0 Å². The molecular weight excluding hydrogens is 250 g/mol. The van der Waals surface area contributed by atoms with Crippen molar-refractivity contribution in [3.05, 3.63) is 0 Å². The summed E-state index contributed by atoms with van der Waals surface area (Å²) in [5, 5.41) is 8.59. The minimum absolute atomic E-state index is 0.269. The monoisotopic (exact) mass is 267 g/mol. The molecule has 0 aromatic heterocycles. The zero-order chi connectivity index (χ0) is 13.7. The summed E-state index contributed by atoms with van der Waals surface area (Å²) >= 11 is 0. The van der Waals surface area contributed by atoms with Gasteiger partial charge >= 0.3 is 11.9 Å². The van der Waals surface area contributed by atoms with Crippen molar-refractivity contribution >= 4 is 22.0 Å². The Bertz CT molecular complexity index is 386. The molecule has 0 aromatic carbocycles. The van der Waals surface area contributed by atoms with Crippen LogP contribution in [0.3, 0.4) is 0 Å². The SMILES string of the molecule is COC(=O)CCS(=O)(=O)NC(C)(C)CC(=O)O. The normalized spacial score (nSPS) is 12.2. The summed E-state index contributed by atoms with van der Waals surface area (Å²) in [4.78, 5) is 21.3. The molecule has 100 valence electrons. The second-order valence-corrected chi connectivity index (χ2v) is 6.04. The van der Waals surface area contributed by atoms with E-state index in [1.807, 2.05) is 0 Å². The van der Waals surface area contributed by atoms with E-state index in [4.69, 9.17) is 5.11 Å². The molecule has 0 aliphatic carbocycles. The quantitative estimate of drug-likeness (QED) is 0.614. The van der Waals surface area contributed by atoms with Crippen LogP contribution in [0.25, 0.3) is 0 Å². The van der Waals surface area contributed by atoms with Gasteiger partial charge in [0.2, 0.25) is 10.0 Å². The molecule has 17 heavy (non-hydrogen) atoms. The summed E-state index contributed by atoms with van der Waals surface area (Å²) in [6.45, 7) is 2.91. The number of esters is 1. The Balaban J connectivity index is 4.44. The molecule has 0 radical (unpaired) electrons. The fourth-order valence-electron chi connectivity index (χ4n) is 1.21. The van der Waals surface area contributed by atoms with Gasteiger partial charge in [-0.2, -0.15) is 0 Å². The van der Waals surface area contributed by atoms with Crippen LogP contribution in [0.4, 0.5) is 0 Å². The van der Waals surface area contributed by atoms with E-state index in [1.54, 1.807) is 0 Å². The highest BCUT2D eigenvalue weighted by molar-refractivity contribution is 7.89. The Morgan fingerprint density at radius 2 is 1.88 bits per heavy atom. The third kappa shape index (κ3) is 7.70. The number of aliphatic carboxylic acids is 1. The number of carbonyl (C=O) groups is 2. The highest BCUT2D eigenvalue weighted by Gasteiger charge is 2.27. The van der Waals surface area contributed by atoms with Gasteiger partial charge in [0.25, 0.3) is 0 Å². The van der Waals surface area contributed by atoms with Crippen LogP contribution in [0.15, 0.2) is 0 Å². The number of rotatable bonds is 7. The summed E-state index contributed by atoms with van der Waals surface area (Å²) < 4.78 is 29.6. The molecule has 0 spiro atoms. The first-order chi connectivity index (χ1) is 7.58. The van der Waals surface area contributed by atoms with E-state index in [0.717, 1.165) is 7.11 Å². The number of sulfonamides is 1. The molecule has 0 fully saturated rings. The van der Waals surface area contributed by atoms with E-state index in [2.05, 4.69) is 9.46 Å². The van der Waals surface area contributed by atoms with Crippen LogP contribution in [-0.2, 0) is 24.3 Å². The van der Waals surface area contributed by atoms with Crippen LogP contribution in [0.1, 0.15) is 26.7 Å². The highest BCUT2D eigenvalue weighted by atomic mass is 32.2. The maximum absolute atomic E-state index is 11.5.